The lowest BCUT2D eigenvalue weighted by Crippen LogP contribution is -2.32. The van der Waals surface area contributed by atoms with E-state index in [0.29, 0.717) is 10.7 Å². The van der Waals surface area contributed by atoms with Gasteiger partial charge in [-0.1, -0.05) is 12.1 Å². The van der Waals surface area contributed by atoms with E-state index in [1.165, 1.54) is 23.9 Å². The Balaban J connectivity index is 2.33. The van der Waals surface area contributed by atoms with Crippen molar-refractivity contribution in [1.82, 2.24) is 9.78 Å². The number of nitro groups is 1. The van der Waals surface area contributed by atoms with Crippen LogP contribution in [0.15, 0.2) is 23.4 Å². The molecule has 2 aromatic rings. The second kappa shape index (κ2) is 6.14. The van der Waals surface area contributed by atoms with Gasteiger partial charge in [-0.05, 0) is 17.3 Å². The van der Waals surface area contributed by atoms with Crippen LogP contribution in [-0.2, 0) is 19.8 Å². The molecule has 0 bridgehead atoms. The standard InChI is InChI=1S/C13H14N4O4S/c1-8-15(2)13(14-16(8)3)22-7-9-5-4-6-10(17(20)21)11(9)12(18)19/h4-6H,7H2,1-3H3/p+1. The molecule has 22 heavy (non-hydrogen) atoms. The lowest BCUT2D eigenvalue weighted by atomic mass is 10.1. The van der Waals surface area contributed by atoms with Gasteiger partial charge in [0.15, 0.2) is 0 Å². The summed E-state index contributed by atoms with van der Waals surface area (Å²) in [4.78, 5) is 21.6. The van der Waals surface area contributed by atoms with Crippen molar-refractivity contribution in [2.75, 3.05) is 0 Å². The van der Waals surface area contributed by atoms with Crippen LogP contribution in [0.25, 0.3) is 0 Å². The molecule has 1 aromatic heterocycles. The number of nitro benzene ring substituents is 1. The molecular weight excluding hydrogens is 308 g/mol. The second-order valence-electron chi connectivity index (χ2n) is 4.67. The predicted octanol–water partition coefficient (Wildman–Crippen LogP) is 1.45. The molecule has 9 heteroatoms. The Morgan fingerprint density at radius 2 is 2.23 bits per heavy atom. The zero-order valence-electron chi connectivity index (χ0n) is 12.3. The van der Waals surface area contributed by atoms with Crippen LogP contribution in [0.4, 0.5) is 5.69 Å². The Hall–Kier alpha value is -2.42. The largest absolute Gasteiger partial charge is 0.477 e. The maximum Gasteiger partial charge on any atom is 0.343 e. The fourth-order valence-corrected chi connectivity index (χ4v) is 3.03. The van der Waals surface area contributed by atoms with Crippen LogP contribution < -0.4 is 4.57 Å². The molecule has 8 nitrogen and oxygen atoms in total. The molecule has 0 saturated heterocycles. The van der Waals surface area contributed by atoms with Gasteiger partial charge in [0, 0.05) is 18.7 Å². The van der Waals surface area contributed by atoms with Gasteiger partial charge in [-0.15, -0.1) is 4.68 Å². The highest BCUT2D eigenvalue weighted by Gasteiger charge is 2.25. The van der Waals surface area contributed by atoms with Crippen molar-refractivity contribution in [3.8, 4) is 0 Å². The first kappa shape index (κ1) is 16.0. The Kier molecular flexibility index (Phi) is 4.45. The number of carboxylic acid groups (broad SMARTS) is 1. The molecule has 0 fully saturated rings. The number of nitrogens with zero attached hydrogens (tertiary/aromatic N) is 4. The summed E-state index contributed by atoms with van der Waals surface area (Å²) in [7, 11) is 3.67. The molecular formula is C13H15N4O4S+. The molecule has 0 unspecified atom stereocenters. The molecule has 1 aromatic carbocycles. The minimum atomic E-state index is -1.30. The predicted molar refractivity (Wildman–Crippen MR) is 78.7 cm³/mol. The van der Waals surface area contributed by atoms with Crippen molar-refractivity contribution in [2.45, 2.75) is 17.8 Å². The fraction of sp³-hybridized carbons (Fsp3) is 0.308. The van der Waals surface area contributed by atoms with Gasteiger partial charge in [0.2, 0.25) is 5.82 Å². The van der Waals surface area contributed by atoms with Gasteiger partial charge in [-0.2, -0.15) is 0 Å². The number of aromatic nitrogens is 3. The van der Waals surface area contributed by atoms with Crippen molar-refractivity contribution in [2.24, 2.45) is 14.1 Å². The number of carbonyl (C=O) groups is 1. The summed E-state index contributed by atoms with van der Waals surface area (Å²) in [6.45, 7) is 1.91. The maximum atomic E-state index is 11.3. The van der Waals surface area contributed by atoms with E-state index in [0.717, 1.165) is 5.82 Å². The molecule has 0 spiro atoms. The number of thioether (sulfide) groups is 1. The van der Waals surface area contributed by atoms with Gasteiger partial charge in [-0.25, -0.2) is 9.36 Å². The number of aryl methyl sites for hydroxylation is 1. The first-order chi connectivity index (χ1) is 10.3. The Morgan fingerprint density at radius 1 is 1.55 bits per heavy atom. The van der Waals surface area contributed by atoms with Crippen LogP contribution in [0.1, 0.15) is 21.7 Å². The van der Waals surface area contributed by atoms with Crippen molar-refractivity contribution in [3.63, 3.8) is 0 Å². The highest BCUT2D eigenvalue weighted by atomic mass is 32.2. The van der Waals surface area contributed by atoms with Crippen molar-refractivity contribution < 1.29 is 19.4 Å². The summed E-state index contributed by atoms with van der Waals surface area (Å²) in [5, 5.41) is 25.3. The average Bonchev–Trinajstić information content (AvgIpc) is 2.71. The minimum absolute atomic E-state index is 0.268. The first-order valence-corrected chi connectivity index (χ1v) is 7.33. The molecule has 116 valence electrons. The fourth-order valence-electron chi connectivity index (χ4n) is 2.00. The number of carboxylic acids is 1. The summed E-state index contributed by atoms with van der Waals surface area (Å²) >= 11 is 1.33. The van der Waals surface area contributed by atoms with Crippen molar-refractivity contribution in [3.05, 3.63) is 45.3 Å². The summed E-state index contributed by atoms with van der Waals surface area (Å²) < 4.78 is 3.59. The van der Waals surface area contributed by atoms with Crippen LogP contribution in [0.3, 0.4) is 0 Å². The lowest BCUT2D eigenvalue weighted by Gasteiger charge is -2.04. The van der Waals surface area contributed by atoms with E-state index >= 15 is 0 Å². The zero-order chi connectivity index (χ0) is 16.4. The normalized spacial score (nSPS) is 10.7. The van der Waals surface area contributed by atoms with E-state index in [1.54, 1.807) is 10.7 Å². The third-order valence-electron chi connectivity index (χ3n) is 3.37. The van der Waals surface area contributed by atoms with Crippen LogP contribution in [0, 0.1) is 17.0 Å². The Labute approximate surface area is 130 Å². The molecule has 0 saturated carbocycles. The van der Waals surface area contributed by atoms with Crippen molar-refractivity contribution >= 4 is 23.4 Å². The number of aromatic carboxylic acids is 1. The monoisotopic (exact) mass is 323 g/mol. The molecule has 0 amide bonds. The van der Waals surface area contributed by atoms with E-state index in [-0.39, 0.29) is 11.3 Å². The van der Waals surface area contributed by atoms with Gasteiger partial charge in [0.25, 0.3) is 5.69 Å². The van der Waals surface area contributed by atoms with Crippen LogP contribution in [0.2, 0.25) is 0 Å². The zero-order valence-corrected chi connectivity index (χ0v) is 13.1. The summed E-state index contributed by atoms with van der Waals surface area (Å²) in [6, 6.07) is 4.27. The highest BCUT2D eigenvalue weighted by molar-refractivity contribution is 7.98. The van der Waals surface area contributed by atoms with E-state index in [4.69, 9.17) is 0 Å². The molecule has 0 aliphatic rings. The Bertz CT molecular complexity index is 757. The van der Waals surface area contributed by atoms with Crippen LogP contribution >= 0.6 is 11.8 Å². The number of rotatable bonds is 5. The third kappa shape index (κ3) is 2.93. The lowest BCUT2D eigenvalue weighted by molar-refractivity contribution is -0.715. The number of hydrogen-bond donors (Lipinski definition) is 1. The SMILES string of the molecule is Cc1n(C)nc(SCc2cccc([N+](=O)[O-])c2C(=O)O)[n+]1C. The second-order valence-corrected chi connectivity index (χ2v) is 5.62. The summed E-state index contributed by atoms with van der Waals surface area (Å²) in [5.74, 6) is -0.0716. The maximum absolute atomic E-state index is 11.3. The van der Waals surface area contributed by atoms with E-state index < -0.39 is 16.6 Å². The number of hydrogen-bond acceptors (Lipinski definition) is 5. The topological polar surface area (TPSA) is 102 Å². The summed E-state index contributed by atoms with van der Waals surface area (Å²) in [6.07, 6.45) is 0. The van der Waals surface area contributed by atoms with Gasteiger partial charge in [-0.3, -0.25) is 10.1 Å². The van der Waals surface area contributed by atoms with Crippen LogP contribution in [0.5, 0.6) is 0 Å². The van der Waals surface area contributed by atoms with Gasteiger partial charge < -0.3 is 5.11 Å². The molecule has 1 N–H and O–H groups in total. The van der Waals surface area contributed by atoms with E-state index in [1.807, 2.05) is 25.6 Å². The molecule has 1 heterocycles. The first-order valence-electron chi connectivity index (χ1n) is 6.35. The average molecular weight is 323 g/mol. The minimum Gasteiger partial charge on any atom is -0.477 e. The van der Waals surface area contributed by atoms with Crippen molar-refractivity contribution in [1.29, 1.82) is 0 Å². The number of benzene rings is 1. The summed E-state index contributed by atoms with van der Waals surface area (Å²) in [5.41, 5.74) is -0.266. The van der Waals surface area contributed by atoms with Gasteiger partial charge in [0.1, 0.15) is 5.56 Å². The Morgan fingerprint density at radius 3 is 2.73 bits per heavy atom. The van der Waals surface area contributed by atoms with E-state index in [9.17, 15) is 20.0 Å². The molecule has 0 aliphatic heterocycles. The molecule has 2 rings (SSSR count). The highest BCUT2D eigenvalue weighted by Crippen LogP contribution is 2.27. The van der Waals surface area contributed by atoms with Crippen LogP contribution in [-0.4, -0.2) is 25.8 Å². The molecule has 0 radical (unpaired) electrons. The molecule has 0 aliphatic carbocycles. The third-order valence-corrected chi connectivity index (χ3v) is 4.44. The van der Waals surface area contributed by atoms with Gasteiger partial charge >= 0.3 is 11.1 Å². The molecule has 0 atom stereocenters. The smallest absolute Gasteiger partial charge is 0.343 e. The quantitative estimate of drug-likeness (QED) is 0.387. The van der Waals surface area contributed by atoms with Gasteiger partial charge in [0.05, 0.1) is 24.1 Å². The van der Waals surface area contributed by atoms with E-state index in [2.05, 4.69) is 5.10 Å².